The second-order valence-corrected chi connectivity index (χ2v) is 4.37. The summed E-state index contributed by atoms with van der Waals surface area (Å²) in [7, 11) is 0. The summed E-state index contributed by atoms with van der Waals surface area (Å²) in [6.45, 7) is -0.849. The topological polar surface area (TPSA) is 117 Å². The van der Waals surface area contributed by atoms with Crippen LogP contribution in [0.3, 0.4) is 0 Å². The number of carboxylic acid groups (broad SMARTS) is 1. The number of amides is 1. The van der Waals surface area contributed by atoms with Crippen LogP contribution in [0.5, 0.6) is 5.75 Å². The van der Waals surface area contributed by atoms with Crippen LogP contribution in [-0.4, -0.2) is 28.6 Å². The quantitative estimate of drug-likeness (QED) is 0.731. The average molecular weight is 331 g/mol. The molecule has 23 heavy (non-hydrogen) atoms. The van der Waals surface area contributed by atoms with E-state index in [2.05, 4.69) is 4.42 Å². The average Bonchev–Trinajstić information content (AvgIpc) is 2.43. The normalized spacial score (nSPS) is 11.4. The van der Waals surface area contributed by atoms with E-state index in [0.717, 1.165) is 12.1 Å². The van der Waals surface area contributed by atoms with Crippen LogP contribution in [0, 0.1) is 0 Å². The second-order valence-electron chi connectivity index (χ2n) is 4.37. The van der Waals surface area contributed by atoms with Crippen LogP contribution >= 0.6 is 0 Å². The highest BCUT2D eigenvalue weighted by Gasteiger charge is 2.35. The SMILES string of the molecule is O=C(O)CNC(=O)c1c(O)c2cccc(C(F)(F)F)c2oc1=O. The molecule has 2 rings (SSSR count). The van der Waals surface area contributed by atoms with Crippen LogP contribution in [0.4, 0.5) is 13.2 Å². The molecule has 1 aromatic carbocycles. The molecule has 0 fully saturated rings. The zero-order valence-electron chi connectivity index (χ0n) is 11.1. The van der Waals surface area contributed by atoms with Crippen LogP contribution in [0.1, 0.15) is 15.9 Å². The van der Waals surface area contributed by atoms with Gasteiger partial charge in [0.15, 0.2) is 11.1 Å². The molecule has 2 aromatic rings. The Balaban J connectivity index is 2.66. The van der Waals surface area contributed by atoms with E-state index in [0.29, 0.717) is 6.07 Å². The number of nitrogens with one attached hydrogen (secondary N) is 1. The first-order valence-electron chi connectivity index (χ1n) is 5.99. The maximum atomic E-state index is 12.9. The molecule has 10 heteroatoms. The Kier molecular flexibility index (Phi) is 4.00. The Labute approximate surface area is 124 Å². The number of alkyl halides is 3. The Morgan fingerprint density at radius 3 is 2.48 bits per heavy atom. The van der Waals surface area contributed by atoms with Crippen LogP contribution in [0.15, 0.2) is 27.4 Å². The second kappa shape index (κ2) is 5.63. The predicted molar refractivity (Wildman–Crippen MR) is 69.1 cm³/mol. The summed E-state index contributed by atoms with van der Waals surface area (Å²) in [6.07, 6.45) is -4.84. The first-order valence-corrected chi connectivity index (χ1v) is 5.99. The van der Waals surface area contributed by atoms with Gasteiger partial charge in [-0.2, -0.15) is 13.2 Å². The Hall–Kier alpha value is -3.04. The summed E-state index contributed by atoms with van der Waals surface area (Å²) in [5.74, 6) is -3.72. The lowest BCUT2D eigenvalue weighted by atomic mass is 10.1. The van der Waals surface area contributed by atoms with Crippen molar-refractivity contribution in [1.29, 1.82) is 0 Å². The maximum absolute atomic E-state index is 12.9. The number of carbonyl (C=O) groups excluding carboxylic acids is 1. The van der Waals surface area contributed by atoms with E-state index < -0.39 is 58.1 Å². The van der Waals surface area contributed by atoms with Crippen molar-refractivity contribution in [3.05, 3.63) is 39.7 Å². The van der Waals surface area contributed by atoms with Gasteiger partial charge in [0.05, 0.1) is 10.9 Å². The molecule has 0 aliphatic rings. The maximum Gasteiger partial charge on any atom is 0.420 e. The molecule has 0 radical (unpaired) electrons. The molecule has 0 bridgehead atoms. The van der Waals surface area contributed by atoms with Crippen molar-refractivity contribution in [2.45, 2.75) is 6.18 Å². The number of benzene rings is 1. The molecule has 0 atom stereocenters. The molecule has 0 saturated carbocycles. The lowest BCUT2D eigenvalue weighted by Gasteiger charge is -2.11. The van der Waals surface area contributed by atoms with E-state index in [1.165, 1.54) is 0 Å². The lowest BCUT2D eigenvalue weighted by Crippen LogP contribution is -2.32. The molecule has 3 N–H and O–H groups in total. The minimum Gasteiger partial charge on any atom is -0.506 e. The molecular weight excluding hydrogens is 323 g/mol. The number of halogens is 3. The summed E-state index contributed by atoms with van der Waals surface area (Å²) in [5, 5.41) is 19.7. The highest BCUT2D eigenvalue weighted by Crippen LogP contribution is 2.37. The van der Waals surface area contributed by atoms with Gasteiger partial charge >= 0.3 is 17.8 Å². The van der Waals surface area contributed by atoms with Gasteiger partial charge in [-0.25, -0.2) is 4.79 Å². The molecule has 0 spiro atoms. The molecule has 0 unspecified atom stereocenters. The van der Waals surface area contributed by atoms with E-state index in [1.807, 2.05) is 5.32 Å². The van der Waals surface area contributed by atoms with Gasteiger partial charge in [-0.15, -0.1) is 0 Å². The fourth-order valence-electron chi connectivity index (χ4n) is 1.88. The van der Waals surface area contributed by atoms with Gasteiger partial charge < -0.3 is 19.9 Å². The number of rotatable bonds is 3. The van der Waals surface area contributed by atoms with Crippen LogP contribution < -0.4 is 10.9 Å². The monoisotopic (exact) mass is 331 g/mol. The molecular formula is C13H8F3NO6. The number of hydrogen-bond acceptors (Lipinski definition) is 5. The largest absolute Gasteiger partial charge is 0.506 e. The van der Waals surface area contributed by atoms with Crippen molar-refractivity contribution in [3.63, 3.8) is 0 Å². The smallest absolute Gasteiger partial charge is 0.420 e. The number of aromatic hydroxyl groups is 1. The summed E-state index contributed by atoms with van der Waals surface area (Å²) in [6, 6.07) is 2.63. The Morgan fingerprint density at radius 1 is 1.26 bits per heavy atom. The van der Waals surface area contributed by atoms with E-state index in [1.54, 1.807) is 0 Å². The molecule has 0 aliphatic heterocycles. The van der Waals surface area contributed by atoms with Crippen molar-refractivity contribution in [1.82, 2.24) is 5.32 Å². The van der Waals surface area contributed by atoms with Gasteiger partial charge in [0.1, 0.15) is 12.3 Å². The van der Waals surface area contributed by atoms with E-state index >= 15 is 0 Å². The molecule has 1 amide bonds. The molecule has 0 saturated heterocycles. The summed E-state index contributed by atoms with van der Waals surface area (Å²) in [5.41, 5.74) is -4.70. The van der Waals surface area contributed by atoms with Gasteiger partial charge in [-0.05, 0) is 12.1 Å². The number of hydrogen-bond donors (Lipinski definition) is 3. The molecule has 122 valence electrons. The van der Waals surface area contributed by atoms with Crippen LogP contribution in [0.25, 0.3) is 11.0 Å². The minimum absolute atomic E-state index is 0.500. The van der Waals surface area contributed by atoms with E-state index in [-0.39, 0.29) is 0 Å². The van der Waals surface area contributed by atoms with E-state index in [4.69, 9.17) is 5.11 Å². The highest BCUT2D eigenvalue weighted by atomic mass is 19.4. The van der Waals surface area contributed by atoms with Gasteiger partial charge in [0.25, 0.3) is 5.91 Å². The van der Waals surface area contributed by atoms with Crippen molar-refractivity contribution < 1.29 is 37.4 Å². The number of carbonyl (C=O) groups is 2. The molecule has 1 heterocycles. The first-order chi connectivity index (χ1) is 10.6. The predicted octanol–water partition coefficient (Wildman–Crippen LogP) is 1.33. The third-order valence-electron chi connectivity index (χ3n) is 2.84. The fourth-order valence-corrected chi connectivity index (χ4v) is 1.88. The summed E-state index contributed by atoms with van der Waals surface area (Å²) < 4.78 is 43.1. The highest BCUT2D eigenvalue weighted by molar-refractivity contribution is 6.02. The zero-order chi connectivity index (χ0) is 17.4. The van der Waals surface area contributed by atoms with Crippen molar-refractivity contribution in [2.24, 2.45) is 0 Å². The van der Waals surface area contributed by atoms with Crippen molar-refractivity contribution in [3.8, 4) is 5.75 Å². The zero-order valence-corrected chi connectivity index (χ0v) is 11.1. The van der Waals surface area contributed by atoms with E-state index in [9.17, 15) is 32.7 Å². The number of aliphatic carboxylic acids is 1. The third-order valence-corrected chi connectivity index (χ3v) is 2.84. The summed E-state index contributed by atoms with van der Waals surface area (Å²) >= 11 is 0. The first kappa shape index (κ1) is 16.3. The van der Waals surface area contributed by atoms with Crippen molar-refractivity contribution in [2.75, 3.05) is 6.54 Å². The number of carboxylic acids is 1. The molecule has 7 nitrogen and oxygen atoms in total. The summed E-state index contributed by atoms with van der Waals surface area (Å²) in [4.78, 5) is 33.8. The third kappa shape index (κ3) is 3.10. The molecule has 1 aromatic heterocycles. The van der Waals surface area contributed by atoms with Gasteiger partial charge in [-0.3, -0.25) is 9.59 Å². The minimum atomic E-state index is -4.84. The van der Waals surface area contributed by atoms with Gasteiger partial charge in [-0.1, -0.05) is 6.07 Å². The number of para-hydroxylation sites is 1. The van der Waals surface area contributed by atoms with Crippen LogP contribution in [0.2, 0.25) is 0 Å². The fraction of sp³-hybridized carbons (Fsp3) is 0.154. The lowest BCUT2D eigenvalue weighted by molar-refractivity contribution is -0.137. The standard InChI is InChI=1S/C13H8F3NO6/c14-13(15,16)6-3-1-2-5-9(20)8(12(22)23-10(5)6)11(21)17-4-7(18)19/h1-3,20H,4H2,(H,17,21)(H,18,19). The Bertz CT molecular complexity index is 855. The van der Waals surface area contributed by atoms with Gasteiger partial charge in [0.2, 0.25) is 0 Å². The van der Waals surface area contributed by atoms with Crippen molar-refractivity contribution >= 4 is 22.8 Å². The molecule has 0 aliphatic carbocycles. The Morgan fingerprint density at radius 2 is 1.91 bits per heavy atom. The van der Waals surface area contributed by atoms with Crippen LogP contribution in [-0.2, 0) is 11.0 Å². The number of fused-ring (bicyclic) bond motifs is 1. The van der Waals surface area contributed by atoms with Gasteiger partial charge in [0, 0.05) is 0 Å².